The lowest BCUT2D eigenvalue weighted by molar-refractivity contribution is 0.164. The zero-order valence-corrected chi connectivity index (χ0v) is 13.8. The summed E-state index contributed by atoms with van der Waals surface area (Å²) in [5.74, 6) is 0. The van der Waals surface area contributed by atoms with Crippen LogP contribution in [0.25, 0.3) is 0 Å². The number of hydrogen-bond acceptors (Lipinski definition) is 2. The fourth-order valence-corrected chi connectivity index (χ4v) is 3.91. The zero-order chi connectivity index (χ0) is 12.6. The molecule has 0 spiro atoms. The fourth-order valence-electron chi connectivity index (χ4n) is 3.30. The van der Waals surface area contributed by atoms with Crippen LogP contribution in [0.4, 0.5) is 0 Å². The minimum absolute atomic E-state index is 0. The number of rotatable bonds is 2. The van der Waals surface area contributed by atoms with Crippen molar-refractivity contribution in [3.63, 3.8) is 0 Å². The second kappa shape index (κ2) is 6.13. The lowest BCUT2D eigenvalue weighted by Gasteiger charge is -2.35. The van der Waals surface area contributed by atoms with E-state index < -0.39 is 0 Å². The summed E-state index contributed by atoms with van der Waals surface area (Å²) in [6, 6.07) is 6.60. The molecule has 0 amide bonds. The van der Waals surface area contributed by atoms with E-state index in [1.165, 1.54) is 54.6 Å². The zero-order valence-electron chi connectivity index (χ0n) is 11.4. The first-order valence-corrected chi connectivity index (χ1v) is 7.65. The molecule has 1 aromatic rings. The van der Waals surface area contributed by atoms with Crippen LogP contribution in [0.2, 0.25) is 0 Å². The lowest BCUT2D eigenvalue weighted by atomic mass is 9.88. The Morgan fingerprint density at radius 2 is 2.26 bits per heavy atom. The van der Waals surface area contributed by atoms with Crippen LogP contribution in [0, 0.1) is 5.41 Å². The number of nitrogens with zero attached hydrogens (tertiary/aromatic N) is 1. The van der Waals surface area contributed by atoms with E-state index in [1.54, 1.807) is 0 Å². The standard InChI is InChI=1S/C15H21BrN2.ClH/c1-15(6-7-17-10-15)11-18-8-5-13-12(9-18)3-2-4-14(13)16;/h2-4,17H,5-11H2,1H3;1H. The van der Waals surface area contributed by atoms with E-state index >= 15 is 0 Å². The van der Waals surface area contributed by atoms with Crippen LogP contribution >= 0.6 is 28.3 Å². The molecular formula is C15H22BrClN2. The van der Waals surface area contributed by atoms with Crippen molar-refractivity contribution in [1.29, 1.82) is 0 Å². The van der Waals surface area contributed by atoms with Gasteiger partial charge in [0.2, 0.25) is 0 Å². The Morgan fingerprint density at radius 1 is 1.42 bits per heavy atom. The molecule has 0 radical (unpaired) electrons. The van der Waals surface area contributed by atoms with Crippen molar-refractivity contribution in [3.8, 4) is 0 Å². The Kier molecular flexibility index (Phi) is 4.93. The summed E-state index contributed by atoms with van der Waals surface area (Å²) in [5.41, 5.74) is 3.50. The summed E-state index contributed by atoms with van der Waals surface area (Å²) in [5, 5.41) is 3.50. The highest BCUT2D eigenvalue weighted by Gasteiger charge is 2.31. The van der Waals surface area contributed by atoms with Crippen LogP contribution in [0.5, 0.6) is 0 Å². The molecule has 4 heteroatoms. The van der Waals surface area contributed by atoms with Gasteiger partial charge in [0.1, 0.15) is 0 Å². The Hall–Kier alpha value is -0.0900. The Labute approximate surface area is 130 Å². The average molecular weight is 346 g/mol. The molecule has 0 aromatic heterocycles. The first-order valence-electron chi connectivity index (χ1n) is 6.86. The van der Waals surface area contributed by atoms with Gasteiger partial charge in [-0.05, 0) is 42.0 Å². The maximum absolute atomic E-state index is 3.67. The van der Waals surface area contributed by atoms with Crippen LogP contribution < -0.4 is 5.32 Å². The van der Waals surface area contributed by atoms with E-state index in [0.717, 1.165) is 6.54 Å². The summed E-state index contributed by atoms with van der Waals surface area (Å²) < 4.78 is 1.29. The quantitative estimate of drug-likeness (QED) is 0.885. The van der Waals surface area contributed by atoms with Crippen molar-refractivity contribution in [2.45, 2.75) is 26.3 Å². The number of hydrogen-bond donors (Lipinski definition) is 1. The van der Waals surface area contributed by atoms with E-state index in [9.17, 15) is 0 Å². The molecule has 0 aliphatic carbocycles. The van der Waals surface area contributed by atoms with Crippen LogP contribution in [0.3, 0.4) is 0 Å². The number of nitrogens with one attached hydrogen (secondary N) is 1. The van der Waals surface area contributed by atoms with Crippen molar-refractivity contribution < 1.29 is 0 Å². The predicted molar refractivity (Wildman–Crippen MR) is 86.0 cm³/mol. The normalized spacial score (nSPS) is 26.8. The van der Waals surface area contributed by atoms with Gasteiger partial charge in [0.05, 0.1) is 0 Å². The second-order valence-electron chi connectivity index (χ2n) is 6.08. The molecule has 1 unspecified atom stereocenters. The molecule has 0 bridgehead atoms. The van der Waals surface area contributed by atoms with Gasteiger partial charge in [-0.2, -0.15) is 0 Å². The third-order valence-corrected chi connectivity index (χ3v) is 5.09. The molecule has 3 rings (SSSR count). The van der Waals surface area contributed by atoms with Gasteiger partial charge in [0.15, 0.2) is 0 Å². The molecule has 1 atom stereocenters. The van der Waals surface area contributed by atoms with E-state index in [0.29, 0.717) is 5.41 Å². The molecule has 1 fully saturated rings. The highest BCUT2D eigenvalue weighted by molar-refractivity contribution is 9.10. The third kappa shape index (κ3) is 3.33. The smallest absolute Gasteiger partial charge is 0.0237 e. The van der Waals surface area contributed by atoms with Crippen molar-refractivity contribution in [1.82, 2.24) is 10.2 Å². The first kappa shape index (κ1) is 15.3. The monoisotopic (exact) mass is 344 g/mol. The van der Waals surface area contributed by atoms with Gasteiger partial charge in [-0.25, -0.2) is 0 Å². The van der Waals surface area contributed by atoms with Crippen LogP contribution in [-0.4, -0.2) is 31.1 Å². The summed E-state index contributed by atoms with van der Waals surface area (Å²) >= 11 is 3.67. The number of fused-ring (bicyclic) bond motifs is 1. The van der Waals surface area contributed by atoms with Gasteiger partial charge in [-0.3, -0.25) is 4.90 Å². The number of benzene rings is 1. The van der Waals surface area contributed by atoms with Gasteiger partial charge >= 0.3 is 0 Å². The molecule has 2 aliphatic heterocycles. The van der Waals surface area contributed by atoms with Gasteiger partial charge in [-0.15, -0.1) is 12.4 Å². The minimum Gasteiger partial charge on any atom is -0.316 e. The number of halogens is 2. The Bertz CT molecular complexity index is 444. The van der Waals surface area contributed by atoms with E-state index in [2.05, 4.69) is 51.3 Å². The highest BCUT2D eigenvalue weighted by Crippen LogP contribution is 2.30. The summed E-state index contributed by atoms with van der Waals surface area (Å²) in [4.78, 5) is 2.63. The summed E-state index contributed by atoms with van der Waals surface area (Å²) in [6.07, 6.45) is 2.50. The maximum atomic E-state index is 3.67. The average Bonchev–Trinajstić information content (AvgIpc) is 2.76. The topological polar surface area (TPSA) is 15.3 Å². The lowest BCUT2D eigenvalue weighted by Crippen LogP contribution is -2.40. The van der Waals surface area contributed by atoms with Gasteiger partial charge < -0.3 is 5.32 Å². The van der Waals surface area contributed by atoms with Gasteiger partial charge in [0, 0.05) is 30.7 Å². The van der Waals surface area contributed by atoms with Crippen molar-refractivity contribution >= 4 is 28.3 Å². The van der Waals surface area contributed by atoms with E-state index in [1.807, 2.05) is 0 Å². The Balaban J connectivity index is 0.00000133. The summed E-state index contributed by atoms with van der Waals surface area (Å²) in [7, 11) is 0. The molecular weight excluding hydrogens is 324 g/mol. The molecule has 1 aromatic carbocycles. The second-order valence-corrected chi connectivity index (χ2v) is 6.93. The van der Waals surface area contributed by atoms with Crippen molar-refractivity contribution in [2.75, 3.05) is 26.2 Å². The molecule has 2 nitrogen and oxygen atoms in total. The summed E-state index contributed by atoms with van der Waals surface area (Å²) in [6.45, 7) is 8.33. The SMILES string of the molecule is CC1(CN2CCc3c(Br)cccc3C2)CCNC1.Cl. The first-order chi connectivity index (χ1) is 8.66. The van der Waals surface area contributed by atoms with Crippen molar-refractivity contribution in [2.24, 2.45) is 5.41 Å². The van der Waals surface area contributed by atoms with E-state index in [-0.39, 0.29) is 12.4 Å². The molecule has 0 saturated carbocycles. The van der Waals surface area contributed by atoms with Gasteiger partial charge in [-0.1, -0.05) is 35.0 Å². The molecule has 19 heavy (non-hydrogen) atoms. The highest BCUT2D eigenvalue weighted by atomic mass is 79.9. The maximum Gasteiger partial charge on any atom is 0.0237 e. The van der Waals surface area contributed by atoms with Crippen molar-refractivity contribution in [3.05, 3.63) is 33.8 Å². The van der Waals surface area contributed by atoms with Crippen LogP contribution in [-0.2, 0) is 13.0 Å². The van der Waals surface area contributed by atoms with Crippen LogP contribution in [0.1, 0.15) is 24.5 Å². The molecule has 1 N–H and O–H groups in total. The van der Waals surface area contributed by atoms with E-state index in [4.69, 9.17) is 0 Å². The molecule has 2 aliphatic rings. The van der Waals surface area contributed by atoms with Crippen LogP contribution in [0.15, 0.2) is 22.7 Å². The van der Waals surface area contributed by atoms with Gasteiger partial charge in [0.25, 0.3) is 0 Å². The molecule has 2 heterocycles. The molecule has 1 saturated heterocycles. The Morgan fingerprint density at radius 3 is 3.00 bits per heavy atom. The minimum atomic E-state index is 0. The largest absolute Gasteiger partial charge is 0.316 e. The predicted octanol–water partition coefficient (Wildman–Crippen LogP) is 3.23. The molecule has 106 valence electrons. The third-order valence-electron chi connectivity index (χ3n) is 4.35. The fraction of sp³-hybridized carbons (Fsp3) is 0.600.